The summed E-state index contributed by atoms with van der Waals surface area (Å²) in [5.74, 6) is -8.85. The number of aliphatic hydroxyl groups excluding tert-OH is 3. The number of amides is 2. The molecule has 1 heterocycles. The van der Waals surface area contributed by atoms with Crippen LogP contribution < -0.4 is 45.3 Å². The molecule has 5 N–H and O–H groups in total. The van der Waals surface area contributed by atoms with E-state index in [1.165, 1.54) is 31.4 Å². The molecule has 1 fully saturated rings. The fraction of sp³-hybridized carbons (Fsp3) is 0.423. The molecule has 2 amide bonds. The zero-order chi connectivity index (χ0) is 30.3. The fourth-order valence-corrected chi connectivity index (χ4v) is 4.29. The smallest absolute Gasteiger partial charge is 0.544 e. The number of nitrogens with one attached hydrogen (secondary N) is 2. The van der Waals surface area contributed by atoms with Crippen LogP contribution in [0.3, 0.4) is 0 Å². The van der Waals surface area contributed by atoms with Crippen LogP contribution in [0, 0.1) is 11.6 Å². The molecule has 0 saturated carbocycles. The van der Waals surface area contributed by atoms with Crippen molar-refractivity contribution in [1.29, 1.82) is 0 Å². The summed E-state index contributed by atoms with van der Waals surface area (Å²) in [5, 5.41) is 49.7. The number of carbonyl (C=O) groups is 3. The van der Waals surface area contributed by atoms with Crippen molar-refractivity contribution in [2.75, 3.05) is 20.3 Å². The number of ether oxygens (including phenoxy) is 3. The first-order valence-corrected chi connectivity index (χ1v) is 12.6. The number of hydrogen-bond acceptors (Lipinski definition) is 10. The largest absolute Gasteiger partial charge is 1.00 e. The van der Waals surface area contributed by atoms with Crippen molar-refractivity contribution in [2.45, 2.75) is 49.3 Å². The van der Waals surface area contributed by atoms with Gasteiger partial charge in [-0.15, -0.1) is 0 Å². The van der Waals surface area contributed by atoms with Gasteiger partial charge in [0.15, 0.2) is 11.6 Å². The third-order valence-electron chi connectivity index (χ3n) is 6.29. The number of carbonyl (C=O) groups excluding carboxylic acids is 3. The Kier molecular flexibility index (Phi) is 13.7. The minimum atomic E-state index is -2.83. The van der Waals surface area contributed by atoms with Gasteiger partial charge in [-0.1, -0.05) is 23.7 Å². The summed E-state index contributed by atoms with van der Waals surface area (Å²) < 4.78 is 43.3. The van der Waals surface area contributed by atoms with Gasteiger partial charge in [-0.3, -0.25) is 9.59 Å². The fourth-order valence-electron chi connectivity index (χ4n) is 4.16. The first-order valence-electron chi connectivity index (χ1n) is 12.2. The number of aliphatic carboxylic acids is 1. The van der Waals surface area contributed by atoms with Gasteiger partial charge in [0, 0.05) is 36.2 Å². The Bertz CT molecular complexity index is 1240. The summed E-state index contributed by atoms with van der Waals surface area (Å²) >= 11 is 5.80. The number of hydrogen-bond donors (Lipinski definition) is 5. The number of carboxylic acid groups (broad SMARTS) is 1. The van der Waals surface area contributed by atoms with Crippen LogP contribution in [0.25, 0.3) is 0 Å². The topological polar surface area (TPSA) is 187 Å². The first kappa shape index (κ1) is 36.0. The standard InChI is InChI=1S/C26H29ClF2N2O10.Na/c1-39-12-19(34)31-21-17(32)9-26(25(37)38,40-11-14-3-2-4-16(28)20(14)29)41-23(21)22(35)18(33)10-30-24(36)13-5-7-15(27)8-6-13;/h2-8,17-18,21-23,32-33,35H,9-12H2,1H3,(H,30,36)(H,31,34)(H,37,38);/q;+1/p-1/t17-,18+,21+,22-,23+,26+;/m0./s1. The summed E-state index contributed by atoms with van der Waals surface area (Å²) in [6, 6.07) is 7.33. The predicted molar refractivity (Wildman–Crippen MR) is 134 cm³/mol. The molecule has 12 nitrogen and oxygen atoms in total. The van der Waals surface area contributed by atoms with Gasteiger partial charge in [0.25, 0.3) is 5.91 Å². The van der Waals surface area contributed by atoms with Crippen molar-refractivity contribution in [3.05, 3.63) is 70.2 Å². The van der Waals surface area contributed by atoms with E-state index < -0.39 is 91.8 Å². The van der Waals surface area contributed by atoms with E-state index in [4.69, 9.17) is 25.8 Å². The number of aliphatic hydroxyl groups is 3. The van der Waals surface area contributed by atoms with E-state index in [1.807, 2.05) is 0 Å². The SMILES string of the molecule is COCC(=O)N[C@H]1[C@H]([C@@H](O)[C@H](O)CNC(=O)c2ccc(Cl)cc2)O[C@@](OCc2cccc(F)c2F)(C(=O)[O-])C[C@@H]1O.[Na+]. The van der Waals surface area contributed by atoms with Gasteiger partial charge in [0.2, 0.25) is 11.7 Å². The van der Waals surface area contributed by atoms with Crippen LogP contribution in [0.5, 0.6) is 0 Å². The van der Waals surface area contributed by atoms with E-state index in [2.05, 4.69) is 10.6 Å². The quantitative estimate of drug-likeness (QED) is 0.146. The maximum Gasteiger partial charge on any atom is 1.00 e. The van der Waals surface area contributed by atoms with Gasteiger partial charge in [-0.2, -0.15) is 0 Å². The van der Waals surface area contributed by atoms with E-state index in [9.17, 15) is 43.6 Å². The molecule has 1 aliphatic rings. The van der Waals surface area contributed by atoms with E-state index in [1.54, 1.807) is 0 Å². The van der Waals surface area contributed by atoms with Crippen LogP contribution in [0.15, 0.2) is 42.5 Å². The van der Waals surface area contributed by atoms with Gasteiger partial charge in [0.05, 0.1) is 24.9 Å². The summed E-state index contributed by atoms with van der Waals surface area (Å²) in [4.78, 5) is 36.8. The van der Waals surface area contributed by atoms with Crippen LogP contribution in [0.4, 0.5) is 8.78 Å². The van der Waals surface area contributed by atoms with E-state index in [-0.39, 0.29) is 40.7 Å². The van der Waals surface area contributed by atoms with Gasteiger partial charge >= 0.3 is 29.6 Å². The van der Waals surface area contributed by atoms with E-state index in [0.29, 0.717) is 5.02 Å². The average molecular weight is 625 g/mol. The molecular weight excluding hydrogens is 597 g/mol. The zero-order valence-corrected chi connectivity index (χ0v) is 25.3. The summed E-state index contributed by atoms with van der Waals surface area (Å²) in [5.41, 5.74) is -0.208. The minimum Gasteiger partial charge on any atom is -0.544 e. The molecule has 0 aromatic heterocycles. The first-order chi connectivity index (χ1) is 19.4. The molecule has 0 aliphatic carbocycles. The molecule has 0 unspecified atom stereocenters. The Morgan fingerprint density at radius 3 is 2.48 bits per heavy atom. The number of carboxylic acids is 1. The van der Waals surface area contributed by atoms with Crippen molar-refractivity contribution >= 4 is 29.4 Å². The summed E-state index contributed by atoms with van der Waals surface area (Å²) in [7, 11) is 1.22. The molecular formula is C26H28ClF2N2NaO10. The predicted octanol–water partition coefficient (Wildman–Crippen LogP) is -3.98. The Morgan fingerprint density at radius 1 is 1.19 bits per heavy atom. The Labute approximate surface area is 266 Å². The number of rotatable bonds is 12. The Hall–Kier alpha value is -2.24. The molecule has 3 rings (SSSR count). The molecule has 6 atom stereocenters. The van der Waals surface area contributed by atoms with Crippen molar-refractivity contribution in [1.82, 2.24) is 10.6 Å². The second kappa shape index (κ2) is 16.0. The van der Waals surface area contributed by atoms with Crippen molar-refractivity contribution < 1.29 is 87.4 Å². The second-order valence-electron chi connectivity index (χ2n) is 9.20. The van der Waals surface area contributed by atoms with Gasteiger partial charge < -0.3 is 50.1 Å². The maximum absolute atomic E-state index is 14.2. The monoisotopic (exact) mass is 624 g/mol. The molecule has 0 radical (unpaired) electrons. The number of benzene rings is 2. The molecule has 0 bridgehead atoms. The maximum atomic E-state index is 14.2. The molecule has 0 spiro atoms. The van der Waals surface area contributed by atoms with Crippen LogP contribution in [-0.4, -0.2) is 89.6 Å². The third kappa shape index (κ3) is 8.89. The number of methoxy groups -OCH3 is 1. The van der Waals surface area contributed by atoms with Crippen molar-refractivity contribution in [2.24, 2.45) is 0 Å². The van der Waals surface area contributed by atoms with Crippen LogP contribution >= 0.6 is 11.6 Å². The Balaban J connectivity index is 0.00000616. The molecule has 2 aromatic carbocycles. The van der Waals surface area contributed by atoms with Crippen LogP contribution in [-0.2, 0) is 30.4 Å². The molecule has 1 aliphatic heterocycles. The zero-order valence-electron chi connectivity index (χ0n) is 22.6. The van der Waals surface area contributed by atoms with E-state index in [0.717, 1.165) is 18.2 Å². The van der Waals surface area contributed by atoms with Crippen molar-refractivity contribution in [3.63, 3.8) is 0 Å². The third-order valence-corrected chi connectivity index (χ3v) is 6.54. The second-order valence-corrected chi connectivity index (χ2v) is 9.63. The number of halogens is 3. The van der Waals surface area contributed by atoms with Crippen molar-refractivity contribution in [3.8, 4) is 0 Å². The van der Waals surface area contributed by atoms with Gasteiger partial charge in [-0.05, 0) is 30.3 Å². The summed E-state index contributed by atoms with van der Waals surface area (Å²) in [6.07, 6.45) is -8.41. The molecule has 42 heavy (non-hydrogen) atoms. The van der Waals surface area contributed by atoms with Gasteiger partial charge in [-0.25, -0.2) is 8.78 Å². The molecule has 1 saturated heterocycles. The molecule has 16 heteroatoms. The molecule has 224 valence electrons. The van der Waals surface area contributed by atoms with Crippen LogP contribution in [0.1, 0.15) is 22.3 Å². The van der Waals surface area contributed by atoms with E-state index >= 15 is 0 Å². The molecule has 2 aromatic rings. The average Bonchev–Trinajstić information content (AvgIpc) is 2.93. The van der Waals surface area contributed by atoms with Crippen LogP contribution in [0.2, 0.25) is 5.02 Å². The van der Waals surface area contributed by atoms with Gasteiger partial charge in [0.1, 0.15) is 24.8 Å². The summed E-state index contributed by atoms with van der Waals surface area (Å²) in [6.45, 7) is -1.91. The minimum absolute atomic E-state index is 0. The normalized spacial score (nSPS) is 23.3. The Morgan fingerprint density at radius 2 is 1.86 bits per heavy atom.